The number of anilines is 2. The number of hydrogen-bond acceptors (Lipinski definition) is 5. The predicted molar refractivity (Wildman–Crippen MR) is 159 cm³/mol. The molecule has 208 valence electrons. The Bertz CT molecular complexity index is 1750. The number of aryl methyl sites for hydroxylation is 1. The number of nitrogens with zero attached hydrogens (tertiary/aromatic N) is 3. The molecule has 2 aliphatic rings. The Morgan fingerprint density at radius 3 is 2.37 bits per heavy atom. The largest absolute Gasteiger partial charge is 0.365 e. The number of amides is 2. The third-order valence-corrected chi connectivity index (χ3v) is 9.73. The van der Waals surface area contributed by atoms with Crippen LogP contribution in [-0.2, 0) is 16.4 Å². The molecule has 1 saturated heterocycles. The van der Waals surface area contributed by atoms with E-state index in [1.54, 1.807) is 30.3 Å². The summed E-state index contributed by atoms with van der Waals surface area (Å²) in [6, 6.07) is 28.8. The van der Waals surface area contributed by atoms with E-state index in [0.717, 1.165) is 11.3 Å². The quantitative estimate of drug-likeness (QED) is 0.334. The molecule has 1 atom stereocenters. The first-order valence-corrected chi connectivity index (χ1v) is 15.2. The predicted octanol–water partition coefficient (Wildman–Crippen LogP) is 5.34. The van der Waals surface area contributed by atoms with Gasteiger partial charge in [0.25, 0.3) is 11.8 Å². The fourth-order valence-electron chi connectivity index (χ4n) is 5.78. The van der Waals surface area contributed by atoms with E-state index >= 15 is 0 Å². The van der Waals surface area contributed by atoms with Crippen LogP contribution in [0.1, 0.15) is 38.8 Å². The van der Waals surface area contributed by atoms with Crippen LogP contribution in [0.5, 0.6) is 0 Å². The molecule has 6 rings (SSSR count). The minimum absolute atomic E-state index is 0.0147. The number of piperazine rings is 1. The van der Waals surface area contributed by atoms with Gasteiger partial charge in [-0.05, 0) is 67.4 Å². The molecule has 1 fully saturated rings. The molecule has 41 heavy (non-hydrogen) atoms. The first-order chi connectivity index (χ1) is 19.7. The SMILES string of the molecule is Cc1cccc(N2CCN(C(=O)c3ccc4c(c3)N(Cc3ccccc3)C(=O)c3ccccc3S4(=O)=O)C[C@@H]2C)c1. The first-order valence-electron chi connectivity index (χ1n) is 13.7. The summed E-state index contributed by atoms with van der Waals surface area (Å²) in [7, 11) is -4.01. The highest BCUT2D eigenvalue weighted by Crippen LogP contribution is 2.38. The number of hydrogen-bond donors (Lipinski definition) is 0. The summed E-state index contributed by atoms with van der Waals surface area (Å²) in [5.41, 5.74) is 3.86. The summed E-state index contributed by atoms with van der Waals surface area (Å²) in [4.78, 5) is 33.2. The van der Waals surface area contributed by atoms with Crippen molar-refractivity contribution in [1.29, 1.82) is 0 Å². The van der Waals surface area contributed by atoms with Crippen molar-refractivity contribution in [3.8, 4) is 0 Å². The standard InChI is InChI=1S/C33H31N3O4S/c1-23-9-8-12-27(19-23)35-18-17-34(21-24(35)2)32(37)26-15-16-31-29(20-26)36(22-25-10-4-3-5-11-25)33(38)28-13-6-7-14-30(28)41(31,39)40/h3-16,19-20,24H,17-18,21-22H2,1-2H3/t24-/m0/s1. The summed E-state index contributed by atoms with van der Waals surface area (Å²) in [5.74, 6) is -0.605. The van der Waals surface area contributed by atoms with Gasteiger partial charge in [0.1, 0.15) is 0 Å². The molecule has 8 heteroatoms. The molecule has 2 heterocycles. The minimum Gasteiger partial charge on any atom is -0.365 e. The highest BCUT2D eigenvalue weighted by Gasteiger charge is 2.37. The summed E-state index contributed by atoms with van der Waals surface area (Å²) in [6.07, 6.45) is 0. The number of rotatable bonds is 4. The van der Waals surface area contributed by atoms with Crippen LogP contribution in [0.25, 0.3) is 0 Å². The summed E-state index contributed by atoms with van der Waals surface area (Å²) in [6.45, 7) is 6.08. The average molecular weight is 566 g/mol. The maximum Gasteiger partial charge on any atom is 0.259 e. The van der Waals surface area contributed by atoms with Crippen molar-refractivity contribution >= 4 is 33.0 Å². The average Bonchev–Trinajstić information content (AvgIpc) is 3.05. The van der Waals surface area contributed by atoms with Crippen molar-refractivity contribution in [2.45, 2.75) is 36.2 Å². The molecule has 4 aromatic rings. The van der Waals surface area contributed by atoms with Crippen molar-refractivity contribution in [2.24, 2.45) is 0 Å². The summed E-state index contributed by atoms with van der Waals surface area (Å²) in [5, 5.41) is 0. The zero-order chi connectivity index (χ0) is 28.7. The van der Waals surface area contributed by atoms with Crippen molar-refractivity contribution in [2.75, 3.05) is 29.4 Å². The Morgan fingerprint density at radius 2 is 1.61 bits per heavy atom. The van der Waals surface area contributed by atoms with Crippen molar-refractivity contribution in [1.82, 2.24) is 4.90 Å². The van der Waals surface area contributed by atoms with Gasteiger partial charge in [0.05, 0.1) is 27.6 Å². The van der Waals surface area contributed by atoms with Crippen LogP contribution in [0.15, 0.2) is 107 Å². The molecule has 2 aliphatic heterocycles. The molecular formula is C33H31N3O4S. The Morgan fingerprint density at radius 1 is 0.854 bits per heavy atom. The van der Waals surface area contributed by atoms with Crippen molar-refractivity contribution in [3.63, 3.8) is 0 Å². The number of fused-ring (bicyclic) bond motifs is 2. The molecule has 0 saturated carbocycles. The molecule has 7 nitrogen and oxygen atoms in total. The third-order valence-electron chi connectivity index (χ3n) is 7.87. The van der Waals surface area contributed by atoms with Crippen LogP contribution in [0.4, 0.5) is 11.4 Å². The molecule has 0 radical (unpaired) electrons. The maximum atomic E-state index is 13.9. The topological polar surface area (TPSA) is 78.0 Å². The second kappa shape index (κ2) is 10.5. The monoisotopic (exact) mass is 565 g/mol. The van der Waals surface area contributed by atoms with Crippen LogP contribution in [0, 0.1) is 6.92 Å². The number of carbonyl (C=O) groups excluding carboxylic acids is 2. The minimum atomic E-state index is -4.01. The van der Waals surface area contributed by atoms with Gasteiger partial charge in [-0.2, -0.15) is 0 Å². The molecule has 0 aliphatic carbocycles. The van der Waals surface area contributed by atoms with Crippen LogP contribution in [0.3, 0.4) is 0 Å². The lowest BCUT2D eigenvalue weighted by Crippen LogP contribution is -2.53. The van der Waals surface area contributed by atoms with Gasteiger partial charge in [-0.1, -0.05) is 54.6 Å². The fourth-order valence-corrected chi connectivity index (χ4v) is 7.41. The highest BCUT2D eigenvalue weighted by molar-refractivity contribution is 7.91. The fraction of sp³-hybridized carbons (Fsp3) is 0.212. The van der Waals surface area contributed by atoms with E-state index in [2.05, 4.69) is 36.9 Å². The van der Waals surface area contributed by atoms with E-state index in [0.29, 0.717) is 25.2 Å². The van der Waals surface area contributed by atoms with E-state index in [9.17, 15) is 18.0 Å². The number of carbonyl (C=O) groups is 2. The normalized spacial score (nSPS) is 18.0. The van der Waals surface area contributed by atoms with Gasteiger partial charge in [0, 0.05) is 36.9 Å². The molecule has 4 aromatic carbocycles. The molecule has 2 amide bonds. The van der Waals surface area contributed by atoms with Gasteiger partial charge >= 0.3 is 0 Å². The number of benzene rings is 4. The smallest absolute Gasteiger partial charge is 0.259 e. The first kappa shape index (κ1) is 26.8. The van der Waals surface area contributed by atoms with Gasteiger partial charge in [-0.25, -0.2) is 8.42 Å². The molecule has 0 spiro atoms. The van der Waals surface area contributed by atoms with Gasteiger partial charge in [-0.3, -0.25) is 9.59 Å². The maximum absolute atomic E-state index is 13.9. The zero-order valence-corrected chi connectivity index (χ0v) is 23.8. The van der Waals surface area contributed by atoms with Crippen LogP contribution >= 0.6 is 0 Å². The molecular weight excluding hydrogens is 534 g/mol. The molecule has 0 aromatic heterocycles. The van der Waals surface area contributed by atoms with Gasteiger partial charge in [0.15, 0.2) is 0 Å². The number of sulfone groups is 1. The lowest BCUT2D eigenvalue weighted by atomic mass is 10.1. The van der Waals surface area contributed by atoms with Crippen molar-refractivity contribution < 1.29 is 18.0 Å². The third kappa shape index (κ3) is 4.89. The molecule has 0 bridgehead atoms. The lowest BCUT2D eigenvalue weighted by Gasteiger charge is -2.41. The van der Waals surface area contributed by atoms with E-state index in [4.69, 9.17) is 0 Å². The Kier molecular flexibility index (Phi) is 6.87. The van der Waals surface area contributed by atoms with E-state index < -0.39 is 15.7 Å². The summed E-state index contributed by atoms with van der Waals surface area (Å²) >= 11 is 0. The van der Waals surface area contributed by atoms with E-state index in [1.165, 1.54) is 22.6 Å². The Hall–Kier alpha value is -4.43. The molecule has 0 unspecified atom stereocenters. The van der Waals surface area contributed by atoms with Crippen LogP contribution < -0.4 is 9.80 Å². The lowest BCUT2D eigenvalue weighted by molar-refractivity contribution is 0.0726. The van der Waals surface area contributed by atoms with Gasteiger partial charge in [-0.15, -0.1) is 0 Å². The van der Waals surface area contributed by atoms with Crippen LogP contribution in [-0.4, -0.2) is 50.8 Å². The van der Waals surface area contributed by atoms with E-state index in [-0.39, 0.29) is 39.5 Å². The Balaban J connectivity index is 1.36. The second-order valence-corrected chi connectivity index (χ2v) is 12.6. The van der Waals surface area contributed by atoms with Crippen molar-refractivity contribution in [3.05, 3.63) is 119 Å². The van der Waals surface area contributed by atoms with Gasteiger partial charge < -0.3 is 14.7 Å². The summed E-state index contributed by atoms with van der Waals surface area (Å²) < 4.78 is 27.6. The van der Waals surface area contributed by atoms with Crippen LogP contribution in [0.2, 0.25) is 0 Å². The van der Waals surface area contributed by atoms with E-state index in [1.807, 2.05) is 41.3 Å². The zero-order valence-electron chi connectivity index (χ0n) is 23.0. The second-order valence-electron chi connectivity index (χ2n) is 10.7. The Labute approximate surface area is 240 Å². The highest BCUT2D eigenvalue weighted by atomic mass is 32.2. The van der Waals surface area contributed by atoms with Gasteiger partial charge in [0.2, 0.25) is 9.84 Å². The molecule has 0 N–H and O–H groups in total.